The van der Waals surface area contributed by atoms with Crippen molar-refractivity contribution in [1.29, 1.82) is 0 Å². The molecule has 0 saturated carbocycles. The smallest absolute Gasteiger partial charge is 0.224 e. The summed E-state index contributed by atoms with van der Waals surface area (Å²) in [6.45, 7) is 4.06. The van der Waals surface area contributed by atoms with Crippen molar-refractivity contribution in [3.05, 3.63) is 105 Å². The third-order valence-corrected chi connectivity index (χ3v) is 6.08. The van der Waals surface area contributed by atoms with Crippen molar-refractivity contribution in [3.63, 3.8) is 0 Å². The van der Waals surface area contributed by atoms with Gasteiger partial charge in [0.15, 0.2) is 11.5 Å². The second-order valence-electron chi connectivity index (χ2n) is 7.59. The lowest BCUT2D eigenvalue weighted by Gasteiger charge is -2.14. The maximum atomic E-state index is 13.7. The summed E-state index contributed by atoms with van der Waals surface area (Å²) >= 11 is 3.51. The molecule has 2 heterocycles. The number of hydrogen-bond donors (Lipinski definition) is 0. The molecule has 0 fully saturated rings. The van der Waals surface area contributed by atoms with Crippen LogP contribution in [0.15, 0.2) is 92.8 Å². The van der Waals surface area contributed by atoms with Gasteiger partial charge in [-0.1, -0.05) is 71.8 Å². The maximum Gasteiger partial charge on any atom is 0.224 e. The number of aryl methyl sites for hydroxylation is 2. The quantitative estimate of drug-likeness (QED) is 0.295. The number of benzene rings is 3. The molecule has 0 amide bonds. The van der Waals surface area contributed by atoms with Crippen LogP contribution in [0.25, 0.3) is 39.4 Å². The number of halogens is 1. The molecule has 0 aliphatic heterocycles. The van der Waals surface area contributed by atoms with Crippen LogP contribution in [-0.4, -0.2) is 9.55 Å². The number of rotatable bonds is 3. The molecule has 0 bridgehead atoms. The number of imidazole rings is 1. The SMILES string of the molecule is Cc1ccc(-c2oc(-c3ccc(C)cc3)c(-n3cnc4ccccc43)c(=O)c2Br)cc1. The van der Waals surface area contributed by atoms with E-state index < -0.39 is 0 Å². The largest absolute Gasteiger partial charge is 0.452 e. The van der Waals surface area contributed by atoms with Crippen LogP contribution in [0.3, 0.4) is 0 Å². The fourth-order valence-electron chi connectivity index (χ4n) is 3.65. The average Bonchev–Trinajstić information content (AvgIpc) is 3.21. The van der Waals surface area contributed by atoms with Crippen LogP contribution in [0.1, 0.15) is 11.1 Å². The van der Waals surface area contributed by atoms with Gasteiger partial charge in [-0.05, 0) is 41.9 Å². The number of para-hydroxylation sites is 2. The van der Waals surface area contributed by atoms with Crippen molar-refractivity contribution in [3.8, 4) is 28.3 Å². The summed E-state index contributed by atoms with van der Waals surface area (Å²) in [6, 6.07) is 23.6. The van der Waals surface area contributed by atoms with Crippen molar-refractivity contribution in [1.82, 2.24) is 9.55 Å². The molecule has 0 radical (unpaired) electrons. The highest BCUT2D eigenvalue weighted by atomic mass is 79.9. The Morgan fingerprint density at radius 2 is 1.39 bits per heavy atom. The van der Waals surface area contributed by atoms with Crippen molar-refractivity contribution in [2.75, 3.05) is 0 Å². The summed E-state index contributed by atoms with van der Waals surface area (Å²) in [4.78, 5) is 18.1. The minimum atomic E-state index is -0.152. The van der Waals surface area contributed by atoms with Gasteiger partial charge >= 0.3 is 0 Å². The molecule has 31 heavy (non-hydrogen) atoms. The fourth-order valence-corrected chi connectivity index (χ4v) is 4.15. The van der Waals surface area contributed by atoms with Crippen LogP contribution in [-0.2, 0) is 0 Å². The van der Waals surface area contributed by atoms with Gasteiger partial charge < -0.3 is 4.42 Å². The molecular formula is C26H19BrN2O2. The summed E-state index contributed by atoms with van der Waals surface area (Å²) < 4.78 is 8.64. The minimum Gasteiger partial charge on any atom is -0.452 e. The summed E-state index contributed by atoms with van der Waals surface area (Å²) in [5.41, 5.74) is 5.88. The summed E-state index contributed by atoms with van der Waals surface area (Å²) in [7, 11) is 0. The zero-order valence-corrected chi connectivity index (χ0v) is 18.7. The molecule has 0 N–H and O–H groups in total. The van der Waals surface area contributed by atoms with E-state index in [9.17, 15) is 4.79 Å². The van der Waals surface area contributed by atoms with Gasteiger partial charge in [0.1, 0.15) is 16.5 Å². The van der Waals surface area contributed by atoms with E-state index in [4.69, 9.17) is 4.42 Å². The van der Waals surface area contributed by atoms with Gasteiger partial charge in [-0.25, -0.2) is 4.98 Å². The zero-order chi connectivity index (χ0) is 21.5. The van der Waals surface area contributed by atoms with E-state index in [0.717, 1.165) is 33.3 Å². The van der Waals surface area contributed by atoms with E-state index in [1.54, 1.807) is 10.9 Å². The predicted molar refractivity (Wildman–Crippen MR) is 128 cm³/mol. The van der Waals surface area contributed by atoms with Crippen LogP contribution < -0.4 is 5.43 Å². The summed E-state index contributed by atoms with van der Waals surface area (Å²) in [5.74, 6) is 1.01. The molecule has 5 rings (SSSR count). The Hall–Kier alpha value is -3.44. The first-order chi connectivity index (χ1) is 15.0. The standard InChI is InChI=1S/C26H19BrN2O2/c1-16-7-11-18(12-8-16)25-22(27)24(30)23(26(31-25)19-13-9-17(2)10-14-19)29-15-28-20-5-3-4-6-21(20)29/h3-15H,1-2H3. The van der Waals surface area contributed by atoms with E-state index in [2.05, 4.69) is 20.9 Å². The lowest BCUT2D eigenvalue weighted by atomic mass is 10.1. The second-order valence-corrected chi connectivity index (χ2v) is 8.38. The Morgan fingerprint density at radius 3 is 2.03 bits per heavy atom. The van der Waals surface area contributed by atoms with Gasteiger partial charge in [-0.2, -0.15) is 0 Å². The van der Waals surface area contributed by atoms with Crippen LogP contribution in [0.4, 0.5) is 0 Å². The van der Waals surface area contributed by atoms with Crippen molar-refractivity contribution in [2.24, 2.45) is 0 Å². The number of aromatic nitrogens is 2. The van der Waals surface area contributed by atoms with Crippen molar-refractivity contribution in [2.45, 2.75) is 13.8 Å². The fraction of sp³-hybridized carbons (Fsp3) is 0.0769. The van der Waals surface area contributed by atoms with E-state index in [1.807, 2.05) is 86.6 Å². The molecule has 0 unspecified atom stereocenters. The molecule has 0 aliphatic rings. The van der Waals surface area contributed by atoms with E-state index in [-0.39, 0.29) is 5.43 Å². The Bertz CT molecular complexity index is 1460. The molecule has 0 aliphatic carbocycles. The topological polar surface area (TPSA) is 48.0 Å². The average molecular weight is 471 g/mol. The van der Waals surface area contributed by atoms with Gasteiger partial charge in [0, 0.05) is 11.1 Å². The highest BCUT2D eigenvalue weighted by molar-refractivity contribution is 9.10. The Kier molecular flexibility index (Phi) is 4.83. The Morgan fingerprint density at radius 1 is 0.806 bits per heavy atom. The molecule has 152 valence electrons. The van der Waals surface area contributed by atoms with Crippen LogP contribution in [0, 0.1) is 13.8 Å². The first-order valence-corrected chi connectivity index (χ1v) is 10.8. The molecule has 0 saturated heterocycles. The Labute approximate surface area is 187 Å². The Balaban J connectivity index is 1.85. The molecule has 3 aromatic carbocycles. The number of fused-ring (bicyclic) bond motifs is 1. The minimum absolute atomic E-state index is 0.152. The van der Waals surface area contributed by atoms with Crippen LogP contribution in [0.5, 0.6) is 0 Å². The molecular weight excluding hydrogens is 452 g/mol. The monoisotopic (exact) mass is 470 g/mol. The van der Waals surface area contributed by atoms with Gasteiger partial charge in [0.2, 0.25) is 5.43 Å². The normalized spacial score (nSPS) is 11.2. The lowest BCUT2D eigenvalue weighted by Crippen LogP contribution is -2.14. The summed E-state index contributed by atoms with van der Waals surface area (Å²) in [6.07, 6.45) is 1.67. The van der Waals surface area contributed by atoms with Crippen molar-refractivity contribution >= 4 is 27.0 Å². The molecule has 5 aromatic rings. The molecule has 2 aromatic heterocycles. The number of nitrogens with zero attached hydrogens (tertiary/aromatic N) is 2. The summed E-state index contributed by atoms with van der Waals surface area (Å²) in [5, 5.41) is 0. The van der Waals surface area contributed by atoms with E-state index >= 15 is 0 Å². The first kappa shape index (κ1) is 19.5. The van der Waals surface area contributed by atoms with E-state index in [1.165, 1.54) is 0 Å². The highest BCUT2D eigenvalue weighted by Crippen LogP contribution is 2.35. The van der Waals surface area contributed by atoms with Crippen LogP contribution >= 0.6 is 15.9 Å². The van der Waals surface area contributed by atoms with Gasteiger partial charge in [-0.15, -0.1) is 0 Å². The van der Waals surface area contributed by atoms with Gasteiger partial charge in [0.05, 0.1) is 11.0 Å². The lowest BCUT2D eigenvalue weighted by molar-refractivity contribution is 0.573. The third kappa shape index (κ3) is 3.41. The third-order valence-electron chi connectivity index (χ3n) is 5.35. The highest BCUT2D eigenvalue weighted by Gasteiger charge is 2.23. The van der Waals surface area contributed by atoms with E-state index in [0.29, 0.717) is 21.7 Å². The van der Waals surface area contributed by atoms with Gasteiger partial charge in [0.25, 0.3) is 0 Å². The molecule has 5 heteroatoms. The second kappa shape index (κ2) is 7.67. The zero-order valence-electron chi connectivity index (χ0n) is 17.1. The molecule has 4 nitrogen and oxygen atoms in total. The predicted octanol–water partition coefficient (Wildman–Crippen LogP) is 6.69. The molecule has 0 atom stereocenters. The first-order valence-electron chi connectivity index (χ1n) is 9.96. The number of hydrogen-bond acceptors (Lipinski definition) is 3. The van der Waals surface area contributed by atoms with Crippen LogP contribution in [0.2, 0.25) is 0 Å². The van der Waals surface area contributed by atoms with Gasteiger partial charge in [-0.3, -0.25) is 9.36 Å². The molecule has 0 spiro atoms. The van der Waals surface area contributed by atoms with Crippen molar-refractivity contribution < 1.29 is 4.42 Å². The maximum absolute atomic E-state index is 13.7.